The van der Waals surface area contributed by atoms with Crippen LogP contribution in [0.15, 0.2) is 40.2 Å². The Morgan fingerprint density at radius 3 is 2.95 bits per heavy atom. The number of rotatable bonds is 3. The highest BCUT2D eigenvalue weighted by atomic mass is 16.5. The molecule has 0 aliphatic heterocycles. The molecule has 102 valence electrons. The van der Waals surface area contributed by atoms with Crippen molar-refractivity contribution in [3.63, 3.8) is 0 Å². The molecule has 2 N–H and O–H groups in total. The van der Waals surface area contributed by atoms with E-state index in [4.69, 9.17) is 14.4 Å². The Kier molecular flexibility index (Phi) is 4.19. The van der Waals surface area contributed by atoms with Crippen LogP contribution in [0.3, 0.4) is 0 Å². The first-order chi connectivity index (χ1) is 9.78. The van der Waals surface area contributed by atoms with E-state index in [0.29, 0.717) is 17.5 Å². The summed E-state index contributed by atoms with van der Waals surface area (Å²) in [6.07, 6.45) is 4.78. The smallest absolute Gasteiger partial charge is 0.208 e. The molecule has 7 heteroatoms. The van der Waals surface area contributed by atoms with Crippen molar-refractivity contribution < 1.29 is 9.15 Å². The average molecular weight is 271 g/mol. The maximum atomic E-state index is 8.59. The highest BCUT2D eigenvalue weighted by molar-refractivity contribution is 5.95. The SMILES string of the molecule is CN=C(NC#N)Nc1ccc(-c2cnco2)c(OC)c1. The second-order valence-electron chi connectivity index (χ2n) is 3.71. The molecule has 0 amide bonds. The molecule has 1 aromatic carbocycles. The lowest BCUT2D eigenvalue weighted by atomic mass is 10.1. The molecule has 2 rings (SSSR count). The van der Waals surface area contributed by atoms with Crippen molar-refractivity contribution in [2.75, 3.05) is 19.5 Å². The maximum absolute atomic E-state index is 8.59. The number of hydrogen-bond acceptors (Lipinski definition) is 5. The van der Waals surface area contributed by atoms with Crippen LogP contribution in [0.5, 0.6) is 5.75 Å². The first-order valence-electron chi connectivity index (χ1n) is 5.74. The number of hydrogen-bond donors (Lipinski definition) is 2. The predicted octanol–water partition coefficient (Wildman–Crippen LogP) is 1.82. The average Bonchev–Trinajstić information content (AvgIpc) is 3.00. The topological polar surface area (TPSA) is 95.5 Å². The van der Waals surface area contributed by atoms with Gasteiger partial charge in [-0.2, -0.15) is 5.26 Å². The van der Waals surface area contributed by atoms with E-state index in [9.17, 15) is 0 Å². The van der Waals surface area contributed by atoms with Crippen molar-refractivity contribution in [1.82, 2.24) is 10.3 Å². The highest BCUT2D eigenvalue weighted by Gasteiger charge is 2.10. The largest absolute Gasteiger partial charge is 0.496 e. The minimum atomic E-state index is 0.349. The summed E-state index contributed by atoms with van der Waals surface area (Å²) in [5.41, 5.74) is 1.52. The molecule has 0 unspecified atom stereocenters. The summed E-state index contributed by atoms with van der Waals surface area (Å²) in [5.74, 6) is 1.59. The Morgan fingerprint density at radius 1 is 1.50 bits per heavy atom. The molecule has 2 aromatic rings. The van der Waals surface area contributed by atoms with Crippen molar-refractivity contribution in [3.05, 3.63) is 30.8 Å². The van der Waals surface area contributed by atoms with E-state index >= 15 is 0 Å². The van der Waals surface area contributed by atoms with E-state index in [2.05, 4.69) is 20.6 Å². The number of oxazole rings is 1. The Hall–Kier alpha value is -3.01. The summed E-state index contributed by atoms with van der Waals surface area (Å²) in [7, 11) is 3.15. The molecule has 0 fully saturated rings. The van der Waals surface area contributed by atoms with Gasteiger partial charge in [0.2, 0.25) is 5.96 Å². The number of anilines is 1. The van der Waals surface area contributed by atoms with Crippen molar-refractivity contribution >= 4 is 11.6 Å². The minimum Gasteiger partial charge on any atom is -0.496 e. The van der Waals surface area contributed by atoms with Gasteiger partial charge in [0.25, 0.3) is 0 Å². The van der Waals surface area contributed by atoms with Gasteiger partial charge in [-0.05, 0) is 12.1 Å². The van der Waals surface area contributed by atoms with Crippen LogP contribution in [-0.4, -0.2) is 25.1 Å². The summed E-state index contributed by atoms with van der Waals surface area (Å²) in [6, 6.07) is 5.44. The molecule has 0 aliphatic rings. The van der Waals surface area contributed by atoms with Gasteiger partial charge in [-0.3, -0.25) is 10.3 Å². The zero-order chi connectivity index (χ0) is 14.4. The number of nitriles is 1. The van der Waals surface area contributed by atoms with Crippen molar-refractivity contribution in [2.24, 2.45) is 4.99 Å². The number of ether oxygens (including phenoxy) is 1. The summed E-state index contributed by atoms with van der Waals surface area (Å²) in [6.45, 7) is 0. The Bertz CT molecular complexity index is 643. The fourth-order valence-corrected chi connectivity index (χ4v) is 1.65. The van der Waals surface area contributed by atoms with E-state index < -0.39 is 0 Å². The molecule has 1 heterocycles. The van der Waals surface area contributed by atoms with Crippen LogP contribution in [0.4, 0.5) is 5.69 Å². The van der Waals surface area contributed by atoms with Gasteiger partial charge in [-0.1, -0.05) is 0 Å². The number of aromatic nitrogens is 1. The summed E-state index contributed by atoms with van der Waals surface area (Å²) < 4.78 is 10.6. The molecule has 0 saturated heterocycles. The number of nitrogens with one attached hydrogen (secondary N) is 2. The molecule has 0 radical (unpaired) electrons. The first kappa shape index (κ1) is 13.4. The van der Waals surface area contributed by atoms with Gasteiger partial charge in [0.1, 0.15) is 5.75 Å². The van der Waals surface area contributed by atoms with Gasteiger partial charge < -0.3 is 14.5 Å². The number of benzene rings is 1. The van der Waals surface area contributed by atoms with Gasteiger partial charge in [-0.15, -0.1) is 0 Å². The predicted molar refractivity (Wildman–Crippen MR) is 74.2 cm³/mol. The molecule has 20 heavy (non-hydrogen) atoms. The molecular formula is C13H13N5O2. The molecule has 0 saturated carbocycles. The molecule has 0 atom stereocenters. The van der Waals surface area contributed by atoms with Crippen molar-refractivity contribution in [3.8, 4) is 23.3 Å². The number of nitrogens with zero attached hydrogens (tertiary/aromatic N) is 3. The van der Waals surface area contributed by atoms with Crippen molar-refractivity contribution in [1.29, 1.82) is 5.26 Å². The lowest BCUT2D eigenvalue weighted by molar-refractivity contribution is 0.415. The van der Waals surface area contributed by atoms with Crippen LogP contribution >= 0.6 is 0 Å². The van der Waals surface area contributed by atoms with Gasteiger partial charge >= 0.3 is 0 Å². The van der Waals surface area contributed by atoms with Gasteiger partial charge in [0.05, 0.1) is 18.9 Å². The number of guanidine groups is 1. The summed E-state index contributed by atoms with van der Waals surface area (Å²) >= 11 is 0. The van der Waals surface area contributed by atoms with E-state index in [1.165, 1.54) is 6.39 Å². The van der Waals surface area contributed by atoms with Crippen molar-refractivity contribution in [2.45, 2.75) is 0 Å². The molecular weight excluding hydrogens is 258 g/mol. The molecule has 0 aliphatic carbocycles. The third kappa shape index (κ3) is 2.87. The third-order valence-electron chi connectivity index (χ3n) is 2.56. The van der Waals surface area contributed by atoms with E-state index in [1.54, 1.807) is 32.6 Å². The minimum absolute atomic E-state index is 0.349. The van der Waals surface area contributed by atoms with Crippen LogP contribution in [0, 0.1) is 11.5 Å². The molecule has 1 aromatic heterocycles. The van der Waals surface area contributed by atoms with Crippen LogP contribution in [0.25, 0.3) is 11.3 Å². The fourth-order valence-electron chi connectivity index (χ4n) is 1.65. The second kappa shape index (κ2) is 6.24. The van der Waals surface area contributed by atoms with E-state index in [-0.39, 0.29) is 0 Å². The fraction of sp³-hybridized carbons (Fsp3) is 0.154. The summed E-state index contributed by atoms with van der Waals surface area (Å²) in [5, 5.41) is 14.0. The highest BCUT2D eigenvalue weighted by Crippen LogP contribution is 2.32. The standard InChI is InChI=1S/C13H13N5O2/c1-15-13(17-7-14)18-9-3-4-10(11(5-9)19-2)12-6-16-8-20-12/h3-6,8H,1-2H3,(H2,15,17,18). The van der Waals surface area contributed by atoms with E-state index in [1.807, 2.05) is 12.1 Å². The van der Waals surface area contributed by atoms with Gasteiger partial charge in [0.15, 0.2) is 18.3 Å². The monoisotopic (exact) mass is 271 g/mol. The Morgan fingerprint density at radius 2 is 2.35 bits per heavy atom. The van der Waals surface area contributed by atoms with Crippen LogP contribution in [0.1, 0.15) is 0 Å². The number of methoxy groups -OCH3 is 1. The zero-order valence-electron chi connectivity index (χ0n) is 11.0. The Balaban J connectivity index is 2.28. The molecule has 7 nitrogen and oxygen atoms in total. The van der Waals surface area contributed by atoms with E-state index in [0.717, 1.165) is 11.3 Å². The normalized spacial score (nSPS) is 10.8. The van der Waals surface area contributed by atoms with Gasteiger partial charge in [-0.25, -0.2) is 4.98 Å². The lowest BCUT2D eigenvalue weighted by Crippen LogP contribution is -2.26. The first-order valence-corrected chi connectivity index (χ1v) is 5.74. The molecule has 0 bridgehead atoms. The summed E-state index contributed by atoms with van der Waals surface area (Å²) in [4.78, 5) is 7.78. The lowest BCUT2D eigenvalue weighted by Gasteiger charge is -2.11. The Labute approximate surface area is 115 Å². The maximum Gasteiger partial charge on any atom is 0.208 e. The molecule has 0 spiro atoms. The van der Waals surface area contributed by atoms with Crippen LogP contribution < -0.4 is 15.4 Å². The number of aliphatic imine (C=N–C) groups is 1. The van der Waals surface area contributed by atoms with Crippen LogP contribution in [0.2, 0.25) is 0 Å². The second-order valence-corrected chi connectivity index (χ2v) is 3.71. The quantitative estimate of drug-likeness (QED) is 0.382. The third-order valence-corrected chi connectivity index (χ3v) is 2.56. The van der Waals surface area contributed by atoms with Crippen LogP contribution in [-0.2, 0) is 0 Å². The van der Waals surface area contributed by atoms with Gasteiger partial charge in [0, 0.05) is 18.8 Å². The zero-order valence-corrected chi connectivity index (χ0v) is 11.0.